The van der Waals surface area contributed by atoms with Crippen LogP contribution in [0.25, 0.3) is 0 Å². The molecule has 0 fully saturated rings. The Morgan fingerprint density at radius 2 is 1.04 bits per heavy atom. The van der Waals surface area contributed by atoms with Gasteiger partial charge in [0.1, 0.15) is 11.5 Å². The van der Waals surface area contributed by atoms with Gasteiger partial charge in [-0.25, -0.2) is 0 Å². The van der Waals surface area contributed by atoms with E-state index in [1.807, 2.05) is 24.3 Å². The van der Waals surface area contributed by atoms with Crippen LogP contribution >= 0.6 is 0 Å². The molecule has 3 nitrogen and oxygen atoms in total. The van der Waals surface area contributed by atoms with E-state index in [1.165, 1.54) is 11.1 Å². The fraction of sp³-hybridized carbons (Fsp3) is 0.500. The Kier molecular flexibility index (Phi) is 9.20. The molecule has 0 aliphatic rings. The molecule has 148 valence electrons. The van der Waals surface area contributed by atoms with Gasteiger partial charge in [-0.1, -0.05) is 36.4 Å². The van der Waals surface area contributed by atoms with Gasteiger partial charge < -0.3 is 14.2 Å². The van der Waals surface area contributed by atoms with Gasteiger partial charge in [-0.15, -0.1) is 0 Å². The smallest absolute Gasteiger partial charge is 0.122 e. The molecule has 0 unspecified atom stereocenters. The second-order valence-electron chi connectivity index (χ2n) is 7.37. The molecule has 0 aromatic heterocycles. The maximum atomic E-state index is 5.88. The van der Waals surface area contributed by atoms with Crippen molar-refractivity contribution in [1.82, 2.24) is 0 Å². The van der Waals surface area contributed by atoms with Gasteiger partial charge in [-0.3, -0.25) is 0 Å². The average molecular weight is 371 g/mol. The summed E-state index contributed by atoms with van der Waals surface area (Å²) in [4.78, 5) is 0. The number of hydrogen-bond acceptors (Lipinski definition) is 3. The van der Waals surface area contributed by atoms with Crippen LogP contribution in [0.15, 0.2) is 48.5 Å². The van der Waals surface area contributed by atoms with Crippen LogP contribution in [0, 0.1) is 0 Å². The first kappa shape index (κ1) is 21.3. The van der Waals surface area contributed by atoms with Crippen molar-refractivity contribution in [1.29, 1.82) is 0 Å². The largest absolute Gasteiger partial charge is 0.491 e. The molecule has 3 heteroatoms. The van der Waals surface area contributed by atoms with Gasteiger partial charge in [0, 0.05) is 13.2 Å². The highest BCUT2D eigenvalue weighted by molar-refractivity contribution is 5.34. The number of hydrogen-bond donors (Lipinski definition) is 0. The van der Waals surface area contributed by atoms with Crippen LogP contribution in [-0.4, -0.2) is 25.4 Å². The van der Waals surface area contributed by atoms with Crippen molar-refractivity contribution >= 4 is 0 Å². The van der Waals surface area contributed by atoms with Gasteiger partial charge in [-0.2, -0.15) is 0 Å². The zero-order valence-corrected chi connectivity index (χ0v) is 17.2. The maximum Gasteiger partial charge on any atom is 0.122 e. The van der Waals surface area contributed by atoms with Crippen molar-refractivity contribution in [3.05, 3.63) is 59.7 Å². The van der Waals surface area contributed by atoms with E-state index in [0.717, 1.165) is 50.4 Å². The molecular weight excluding hydrogens is 336 g/mol. The minimum atomic E-state index is 0.199. The van der Waals surface area contributed by atoms with Crippen LogP contribution in [0.4, 0.5) is 0 Å². The molecule has 0 N–H and O–H groups in total. The Labute approximate surface area is 164 Å². The van der Waals surface area contributed by atoms with E-state index < -0.39 is 0 Å². The van der Waals surface area contributed by atoms with E-state index in [4.69, 9.17) is 14.2 Å². The Morgan fingerprint density at radius 1 is 0.630 bits per heavy atom. The lowest BCUT2D eigenvalue weighted by Crippen LogP contribution is -2.08. The van der Waals surface area contributed by atoms with Crippen molar-refractivity contribution in [2.45, 2.75) is 65.6 Å². The molecule has 27 heavy (non-hydrogen) atoms. The summed E-state index contributed by atoms with van der Waals surface area (Å²) in [6.45, 7) is 9.79. The van der Waals surface area contributed by atoms with Gasteiger partial charge in [0.05, 0.1) is 12.2 Å². The minimum Gasteiger partial charge on any atom is -0.491 e. The second kappa shape index (κ2) is 11.7. The molecule has 0 atom stereocenters. The normalized spacial score (nSPS) is 11.2. The highest BCUT2D eigenvalue weighted by Gasteiger charge is 2.06. The third-order valence-corrected chi connectivity index (χ3v) is 4.14. The van der Waals surface area contributed by atoms with Gasteiger partial charge >= 0.3 is 0 Å². The van der Waals surface area contributed by atoms with Crippen molar-refractivity contribution in [2.24, 2.45) is 0 Å². The fourth-order valence-electron chi connectivity index (χ4n) is 2.99. The highest BCUT2D eigenvalue weighted by atomic mass is 16.5. The number of benzene rings is 2. The molecule has 0 saturated heterocycles. The summed E-state index contributed by atoms with van der Waals surface area (Å²) >= 11 is 0. The zero-order chi connectivity index (χ0) is 19.5. The maximum absolute atomic E-state index is 5.88. The SMILES string of the molecule is CC(C)Oc1ccccc1CCCOCCCc1ccccc1OC(C)C. The Bertz CT molecular complexity index is 607. The monoisotopic (exact) mass is 370 g/mol. The molecule has 0 amide bonds. The molecule has 0 aliphatic carbocycles. The van der Waals surface area contributed by atoms with E-state index in [0.29, 0.717) is 0 Å². The third kappa shape index (κ3) is 8.04. The van der Waals surface area contributed by atoms with E-state index in [9.17, 15) is 0 Å². The molecule has 0 saturated carbocycles. The predicted octanol–water partition coefficient (Wildman–Crippen LogP) is 5.84. The van der Waals surface area contributed by atoms with Crippen LogP contribution in [0.1, 0.15) is 51.7 Å². The van der Waals surface area contributed by atoms with Crippen molar-refractivity contribution < 1.29 is 14.2 Å². The van der Waals surface area contributed by atoms with Crippen LogP contribution < -0.4 is 9.47 Å². The Balaban J connectivity index is 1.66. The summed E-state index contributed by atoms with van der Waals surface area (Å²) in [7, 11) is 0. The van der Waals surface area contributed by atoms with Crippen molar-refractivity contribution in [2.75, 3.05) is 13.2 Å². The minimum absolute atomic E-state index is 0.199. The number of para-hydroxylation sites is 2. The van der Waals surface area contributed by atoms with E-state index in [-0.39, 0.29) is 12.2 Å². The van der Waals surface area contributed by atoms with Gasteiger partial charge in [-0.05, 0) is 76.6 Å². The first-order valence-corrected chi connectivity index (χ1v) is 10.1. The lowest BCUT2D eigenvalue weighted by atomic mass is 10.1. The summed E-state index contributed by atoms with van der Waals surface area (Å²) < 4.78 is 17.6. The highest BCUT2D eigenvalue weighted by Crippen LogP contribution is 2.22. The molecule has 0 radical (unpaired) electrons. The van der Waals surface area contributed by atoms with Crippen molar-refractivity contribution in [3.8, 4) is 11.5 Å². The van der Waals surface area contributed by atoms with E-state index in [2.05, 4.69) is 52.0 Å². The molecule has 2 aromatic carbocycles. The second-order valence-corrected chi connectivity index (χ2v) is 7.37. The lowest BCUT2D eigenvalue weighted by Gasteiger charge is -2.14. The van der Waals surface area contributed by atoms with Crippen LogP contribution in [0.2, 0.25) is 0 Å². The summed E-state index contributed by atoms with van der Waals surface area (Å²) in [5, 5.41) is 0. The summed E-state index contributed by atoms with van der Waals surface area (Å²) in [5.41, 5.74) is 2.52. The van der Waals surface area contributed by atoms with Gasteiger partial charge in [0.2, 0.25) is 0 Å². The molecule has 0 bridgehead atoms. The predicted molar refractivity (Wildman–Crippen MR) is 112 cm³/mol. The first-order chi connectivity index (χ1) is 13.1. The van der Waals surface area contributed by atoms with Gasteiger partial charge in [0.25, 0.3) is 0 Å². The van der Waals surface area contributed by atoms with Crippen LogP contribution in [0.5, 0.6) is 11.5 Å². The van der Waals surface area contributed by atoms with E-state index in [1.54, 1.807) is 0 Å². The summed E-state index contributed by atoms with van der Waals surface area (Å²) in [5.74, 6) is 1.99. The van der Waals surface area contributed by atoms with Crippen molar-refractivity contribution in [3.63, 3.8) is 0 Å². The molecule has 2 rings (SSSR count). The van der Waals surface area contributed by atoms with E-state index >= 15 is 0 Å². The molecular formula is C24H34O3. The average Bonchev–Trinajstić information content (AvgIpc) is 2.62. The molecule has 0 aliphatic heterocycles. The summed E-state index contributed by atoms with van der Waals surface area (Å²) in [6.07, 6.45) is 4.37. The molecule has 2 aromatic rings. The standard InChI is InChI=1S/C24H34O3/c1-19(2)26-23-15-7-5-11-21(23)13-9-17-25-18-10-14-22-12-6-8-16-24(22)27-20(3)4/h5-8,11-12,15-16,19-20H,9-10,13-14,17-18H2,1-4H3. The summed E-state index contributed by atoms with van der Waals surface area (Å²) in [6, 6.07) is 16.6. The molecule has 0 spiro atoms. The Hall–Kier alpha value is -2.00. The molecule has 0 heterocycles. The first-order valence-electron chi connectivity index (χ1n) is 10.1. The zero-order valence-electron chi connectivity index (χ0n) is 17.2. The van der Waals surface area contributed by atoms with Crippen LogP contribution in [-0.2, 0) is 17.6 Å². The topological polar surface area (TPSA) is 27.7 Å². The fourth-order valence-corrected chi connectivity index (χ4v) is 2.99. The van der Waals surface area contributed by atoms with Gasteiger partial charge in [0.15, 0.2) is 0 Å². The van der Waals surface area contributed by atoms with Crippen LogP contribution in [0.3, 0.4) is 0 Å². The third-order valence-electron chi connectivity index (χ3n) is 4.14. The number of aryl methyl sites for hydroxylation is 2. The quantitative estimate of drug-likeness (QED) is 0.439. The number of rotatable bonds is 12. The number of ether oxygens (including phenoxy) is 3. The lowest BCUT2D eigenvalue weighted by molar-refractivity contribution is 0.129. The Morgan fingerprint density at radius 3 is 1.44 bits per heavy atom.